The average molecular weight is 294 g/mol. The van der Waals surface area contributed by atoms with E-state index in [0.717, 1.165) is 30.5 Å². The summed E-state index contributed by atoms with van der Waals surface area (Å²) in [5.41, 5.74) is 7.07. The van der Waals surface area contributed by atoms with Gasteiger partial charge in [0.2, 0.25) is 0 Å². The van der Waals surface area contributed by atoms with Crippen molar-refractivity contribution in [3.8, 4) is 5.75 Å². The normalized spacial score (nSPS) is 22.0. The Kier molecular flexibility index (Phi) is 5.71. The lowest BCUT2D eigenvalue weighted by atomic mass is 9.81. The lowest BCUT2D eigenvalue weighted by Gasteiger charge is -2.26. The summed E-state index contributed by atoms with van der Waals surface area (Å²) in [6.07, 6.45) is 6.51. The largest absolute Gasteiger partial charge is 0.491 e. The van der Waals surface area contributed by atoms with Crippen LogP contribution in [-0.2, 0) is 0 Å². The molecule has 0 saturated heterocycles. The molecule has 1 aromatic rings. The molecule has 0 amide bonds. The monoisotopic (exact) mass is 294 g/mol. The Bertz CT molecular complexity index is 464. The van der Waals surface area contributed by atoms with Gasteiger partial charge < -0.3 is 15.8 Å². The van der Waals surface area contributed by atoms with E-state index in [4.69, 9.17) is 10.5 Å². The zero-order chi connectivity index (χ0) is 15.2. The van der Waals surface area contributed by atoms with Gasteiger partial charge in [0, 0.05) is 18.7 Å². The second-order valence-corrected chi connectivity index (χ2v) is 6.16. The lowest BCUT2D eigenvalue weighted by molar-refractivity contribution is 0.274. The van der Waals surface area contributed by atoms with Crippen LogP contribution >= 0.6 is 0 Å². The molecule has 1 saturated carbocycles. The number of hydrogen-bond acceptors (Lipinski definition) is 3. The first-order chi connectivity index (χ1) is 10.1. The number of ether oxygens (including phenoxy) is 1. The summed E-state index contributed by atoms with van der Waals surface area (Å²) in [4.78, 5) is 0. The molecule has 118 valence electrons. The minimum absolute atomic E-state index is 0.264. The van der Waals surface area contributed by atoms with E-state index < -0.39 is 5.82 Å². The molecule has 0 heterocycles. The number of hydrogen-bond donors (Lipinski definition) is 2. The first kappa shape index (κ1) is 15.9. The number of anilines is 2. The van der Waals surface area contributed by atoms with Gasteiger partial charge in [-0.2, -0.15) is 0 Å². The Morgan fingerprint density at radius 1 is 1.38 bits per heavy atom. The molecule has 1 fully saturated rings. The Labute approximate surface area is 127 Å². The molecule has 1 aliphatic carbocycles. The van der Waals surface area contributed by atoms with E-state index in [-0.39, 0.29) is 5.75 Å². The highest BCUT2D eigenvalue weighted by Crippen LogP contribution is 2.32. The molecule has 0 radical (unpaired) electrons. The molecule has 2 rings (SSSR count). The van der Waals surface area contributed by atoms with Crippen LogP contribution in [0.25, 0.3) is 0 Å². The Morgan fingerprint density at radius 2 is 2.19 bits per heavy atom. The van der Waals surface area contributed by atoms with E-state index in [1.807, 2.05) is 6.92 Å². The van der Waals surface area contributed by atoms with Crippen molar-refractivity contribution in [3.63, 3.8) is 0 Å². The molecule has 21 heavy (non-hydrogen) atoms. The third kappa shape index (κ3) is 4.51. The zero-order valence-electron chi connectivity index (χ0n) is 13.1. The molecule has 0 aromatic heterocycles. The van der Waals surface area contributed by atoms with Crippen LogP contribution in [0.2, 0.25) is 0 Å². The molecule has 0 spiro atoms. The van der Waals surface area contributed by atoms with E-state index in [1.54, 1.807) is 6.07 Å². The Hall–Kier alpha value is -1.45. The molecule has 3 nitrogen and oxygen atoms in total. The van der Waals surface area contributed by atoms with Gasteiger partial charge in [-0.1, -0.05) is 26.2 Å². The van der Waals surface area contributed by atoms with Crippen molar-refractivity contribution in [1.82, 2.24) is 0 Å². The van der Waals surface area contributed by atoms with E-state index >= 15 is 0 Å². The fourth-order valence-corrected chi connectivity index (χ4v) is 3.22. The number of nitrogen functional groups attached to an aromatic ring is 1. The number of halogens is 1. The van der Waals surface area contributed by atoms with Crippen molar-refractivity contribution in [2.24, 2.45) is 11.8 Å². The van der Waals surface area contributed by atoms with Gasteiger partial charge in [0.25, 0.3) is 0 Å². The van der Waals surface area contributed by atoms with Crippen LogP contribution in [0.5, 0.6) is 5.75 Å². The van der Waals surface area contributed by atoms with Crippen molar-refractivity contribution in [3.05, 3.63) is 17.9 Å². The minimum Gasteiger partial charge on any atom is -0.491 e. The lowest BCUT2D eigenvalue weighted by Crippen LogP contribution is -2.17. The fraction of sp³-hybridized carbons (Fsp3) is 0.647. The third-order valence-electron chi connectivity index (χ3n) is 4.32. The van der Waals surface area contributed by atoms with Crippen molar-refractivity contribution in [1.29, 1.82) is 0 Å². The highest BCUT2D eigenvalue weighted by atomic mass is 19.1. The maximum atomic E-state index is 13.6. The molecule has 0 bridgehead atoms. The summed E-state index contributed by atoms with van der Waals surface area (Å²) in [6, 6.07) is 2.99. The van der Waals surface area contributed by atoms with E-state index in [9.17, 15) is 4.39 Å². The van der Waals surface area contributed by atoms with Crippen LogP contribution in [0.3, 0.4) is 0 Å². The van der Waals surface area contributed by atoms with Crippen LogP contribution in [0.1, 0.15) is 46.0 Å². The minimum atomic E-state index is -0.402. The summed E-state index contributed by atoms with van der Waals surface area (Å²) >= 11 is 0. The van der Waals surface area contributed by atoms with Crippen molar-refractivity contribution >= 4 is 11.4 Å². The predicted molar refractivity (Wildman–Crippen MR) is 86.2 cm³/mol. The van der Waals surface area contributed by atoms with Crippen LogP contribution < -0.4 is 15.8 Å². The molecule has 3 N–H and O–H groups in total. The second kappa shape index (κ2) is 7.53. The van der Waals surface area contributed by atoms with Gasteiger partial charge >= 0.3 is 0 Å². The number of rotatable bonds is 6. The highest BCUT2D eigenvalue weighted by molar-refractivity contribution is 5.68. The summed E-state index contributed by atoms with van der Waals surface area (Å²) in [6.45, 7) is 5.50. The topological polar surface area (TPSA) is 47.3 Å². The van der Waals surface area contributed by atoms with Gasteiger partial charge in [-0.3, -0.25) is 0 Å². The summed E-state index contributed by atoms with van der Waals surface area (Å²) in [5.74, 6) is 1.51. The smallest absolute Gasteiger partial charge is 0.167 e. The van der Waals surface area contributed by atoms with Crippen molar-refractivity contribution < 1.29 is 9.13 Å². The van der Waals surface area contributed by atoms with Crippen molar-refractivity contribution in [2.75, 3.05) is 24.2 Å². The van der Waals surface area contributed by atoms with Gasteiger partial charge in [-0.05, 0) is 31.6 Å². The van der Waals surface area contributed by atoms with Gasteiger partial charge in [0.15, 0.2) is 11.6 Å². The molecule has 2 unspecified atom stereocenters. The SMILES string of the molecule is CCOc1cc(NCCC2CCCC(C)C2)c(N)cc1F. The zero-order valence-corrected chi connectivity index (χ0v) is 13.1. The molecular weight excluding hydrogens is 267 g/mol. The number of nitrogens with one attached hydrogen (secondary N) is 1. The fourth-order valence-electron chi connectivity index (χ4n) is 3.22. The maximum absolute atomic E-state index is 13.6. The third-order valence-corrected chi connectivity index (χ3v) is 4.32. The Morgan fingerprint density at radius 3 is 2.90 bits per heavy atom. The highest BCUT2D eigenvalue weighted by Gasteiger charge is 2.18. The molecule has 4 heteroatoms. The van der Waals surface area contributed by atoms with E-state index in [1.165, 1.54) is 31.7 Å². The molecule has 2 atom stereocenters. The van der Waals surface area contributed by atoms with Gasteiger partial charge in [0.05, 0.1) is 18.0 Å². The first-order valence-electron chi connectivity index (χ1n) is 8.05. The standard InChI is InChI=1S/C17H27FN2O/c1-3-21-17-11-16(15(19)10-14(17)18)20-8-7-13-6-4-5-12(2)9-13/h10-13,20H,3-9,19H2,1-2H3. The van der Waals surface area contributed by atoms with Gasteiger partial charge in [0.1, 0.15) is 0 Å². The molecular formula is C17H27FN2O. The van der Waals surface area contributed by atoms with E-state index in [0.29, 0.717) is 12.3 Å². The molecule has 1 aliphatic rings. The van der Waals surface area contributed by atoms with Gasteiger partial charge in [-0.15, -0.1) is 0 Å². The van der Waals surface area contributed by atoms with Crippen molar-refractivity contribution in [2.45, 2.75) is 46.0 Å². The summed E-state index contributed by atoms with van der Waals surface area (Å²) < 4.78 is 18.9. The second-order valence-electron chi connectivity index (χ2n) is 6.16. The van der Waals surface area contributed by atoms with Crippen LogP contribution in [0.4, 0.5) is 15.8 Å². The van der Waals surface area contributed by atoms with Gasteiger partial charge in [-0.25, -0.2) is 4.39 Å². The molecule has 0 aliphatic heterocycles. The number of benzene rings is 1. The Balaban J connectivity index is 1.88. The van der Waals surface area contributed by atoms with E-state index in [2.05, 4.69) is 12.2 Å². The maximum Gasteiger partial charge on any atom is 0.167 e. The average Bonchev–Trinajstić information content (AvgIpc) is 2.44. The quantitative estimate of drug-likeness (QED) is 0.763. The first-order valence-corrected chi connectivity index (χ1v) is 8.05. The molecule has 1 aromatic carbocycles. The van der Waals surface area contributed by atoms with Crippen LogP contribution in [0, 0.1) is 17.7 Å². The summed E-state index contributed by atoms with van der Waals surface area (Å²) in [7, 11) is 0. The predicted octanol–water partition coefficient (Wildman–Crippen LogP) is 4.43. The van der Waals surface area contributed by atoms with Crippen LogP contribution in [0.15, 0.2) is 12.1 Å². The summed E-state index contributed by atoms with van der Waals surface area (Å²) in [5, 5.41) is 3.33. The van der Waals surface area contributed by atoms with Crippen LogP contribution in [-0.4, -0.2) is 13.2 Å². The number of nitrogens with two attached hydrogens (primary N) is 1.